The first-order valence-corrected chi connectivity index (χ1v) is 14.9. The SMILES string of the molecule is N#CC1=C(N)N(c2cccc(Cl)c2)C2=C(C(=O)CCC2)[C@H]1c1cc(CSc2nc3ccccc3s2)cs1. The number of hydrogen-bond donors (Lipinski definition) is 1. The van der Waals surface area contributed by atoms with Gasteiger partial charge >= 0.3 is 0 Å². The third-order valence-electron chi connectivity index (χ3n) is 6.57. The third kappa shape index (κ3) is 4.47. The van der Waals surface area contributed by atoms with Crippen molar-refractivity contribution in [2.75, 3.05) is 4.90 Å². The molecule has 6 rings (SSSR count). The van der Waals surface area contributed by atoms with Crippen LogP contribution in [0.2, 0.25) is 5.02 Å². The second-order valence-electron chi connectivity index (χ2n) is 8.89. The Morgan fingerprint density at radius 2 is 2.05 bits per heavy atom. The number of nitrogens with two attached hydrogens (primary N) is 1. The van der Waals surface area contributed by atoms with Crippen LogP contribution in [0, 0.1) is 11.3 Å². The molecule has 0 unspecified atom stereocenters. The lowest BCUT2D eigenvalue weighted by atomic mass is 9.78. The molecule has 1 aliphatic carbocycles. The average Bonchev–Trinajstić information content (AvgIpc) is 3.53. The van der Waals surface area contributed by atoms with Crippen molar-refractivity contribution in [3.8, 4) is 6.07 Å². The van der Waals surface area contributed by atoms with Crippen molar-refractivity contribution in [1.29, 1.82) is 5.26 Å². The topological polar surface area (TPSA) is 83.0 Å². The molecule has 5 nitrogen and oxygen atoms in total. The summed E-state index contributed by atoms with van der Waals surface area (Å²) in [7, 11) is 0. The monoisotopic (exact) mass is 560 g/mol. The van der Waals surface area contributed by atoms with Gasteiger partial charge in [0.1, 0.15) is 5.82 Å². The van der Waals surface area contributed by atoms with Crippen LogP contribution in [0.3, 0.4) is 0 Å². The predicted molar refractivity (Wildman–Crippen MR) is 153 cm³/mol. The zero-order valence-corrected chi connectivity index (χ0v) is 22.8. The highest BCUT2D eigenvalue weighted by Crippen LogP contribution is 2.48. The highest BCUT2D eigenvalue weighted by molar-refractivity contribution is 8.00. The number of nitrogens with zero attached hydrogens (tertiary/aromatic N) is 3. The Labute approximate surface area is 231 Å². The number of anilines is 1. The van der Waals surface area contributed by atoms with E-state index in [1.54, 1.807) is 40.5 Å². The third-order valence-corrected chi connectivity index (χ3v) is 10.1. The van der Waals surface area contributed by atoms with Crippen molar-refractivity contribution >= 4 is 67.7 Å². The summed E-state index contributed by atoms with van der Waals surface area (Å²) >= 11 is 11.2. The number of para-hydroxylation sites is 1. The van der Waals surface area contributed by atoms with Crippen LogP contribution in [-0.2, 0) is 10.5 Å². The molecule has 9 heteroatoms. The molecule has 0 spiro atoms. The number of hydrogen-bond acceptors (Lipinski definition) is 8. The van der Waals surface area contributed by atoms with Gasteiger partial charge in [0.05, 0.1) is 27.8 Å². The number of halogens is 1. The molecular formula is C28H21ClN4OS3. The number of Topliss-reactive ketones (excluding diaryl/α,β-unsaturated/α-hetero) is 1. The summed E-state index contributed by atoms with van der Waals surface area (Å²) < 4.78 is 2.20. The second kappa shape index (κ2) is 9.99. The fourth-order valence-corrected chi connectivity index (χ4v) is 8.28. The van der Waals surface area contributed by atoms with Crippen molar-refractivity contribution in [2.45, 2.75) is 35.3 Å². The Morgan fingerprint density at radius 1 is 1.19 bits per heavy atom. The van der Waals surface area contributed by atoms with E-state index >= 15 is 0 Å². The number of nitriles is 1. The van der Waals surface area contributed by atoms with Crippen molar-refractivity contribution in [2.24, 2.45) is 5.73 Å². The summed E-state index contributed by atoms with van der Waals surface area (Å²) in [6.45, 7) is 0. The van der Waals surface area contributed by atoms with Crippen LogP contribution in [0.4, 0.5) is 5.69 Å². The Kier molecular flexibility index (Phi) is 6.55. The molecule has 0 saturated carbocycles. The lowest BCUT2D eigenvalue weighted by Gasteiger charge is -2.39. The normalized spacial score (nSPS) is 17.9. The van der Waals surface area contributed by atoms with Crippen LogP contribution in [0.1, 0.15) is 35.6 Å². The summed E-state index contributed by atoms with van der Waals surface area (Å²) in [6, 6.07) is 20.0. The van der Waals surface area contributed by atoms with Gasteiger partial charge < -0.3 is 5.73 Å². The van der Waals surface area contributed by atoms with E-state index in [1.807, 2.05) is 41.3 Å². The Hall–Kier alpha value is -3.09. The maximum Gasteiger partial charge on any atom is 0.161 e. The van der Waals surface area contributed by atoms with Gasteiger partial charge in [-0.05, 0) is 60.2 Å². The molecule has 0 bridgehead atoms. The van der Waals surface area contributed by atoms with Crippen LogP contribution in [0.25, 0.3) is 10.2 Å². The molecule has 4 aromatic rings. The molecule has 2 aromatic carbocycles. The van der Waals surface area contributed by atoms with Crippen LogP contribution < -0.4 is 10.6 Å². The van der Waals surface area contributed by atoms with Crippen LogP contribution in [0.5, 0.6) is 0 Å². The largest absolute Gasteiger partial charge is 0.384 e. The molecule has 0 radical (unpaired) electrons. The fourth-order valence-electron chi connectivity index (χ4n) is 4.96. The molecule has 2 aliphatic rings. The lowest BCUT2D eigenvalue weighted by Crippen LogP contribution is -2.38. The molecule has 2 N–H and O–H groups in total. The first-order chi connectivity index (χ1) is 18.0. The Morgan fingerprint density at radius 3 is 2.86 bits per heavy atom. The number of thiazole rings is 1. The van der Waals surface area contributed by atoms with Crippen LogP contribution >= 0.6 is 46.0 Å². The zero-order valence-electron chi connectivity index (χ0n) is 19.6. The standard InChI is InChI=1S/C28H21ClN4OS3/c29-17-5-3-6-18(12-17)33-21-8-4-9-22(34)26(21)25(19(13-30)27(33)31)24-11-16(14-35-24)15-36-28-32-20-7-1-2-10-23(20)37-28/h1-3,5-7,10-12,14,25H,4,8-9,15,31H2/t25-/m1/s1. The van der Waals surface area contributed by atoms with Gasteiger partial charge in [0.15, 0.2) is 10.1 Å². The molecule has 37 heavy (non-hydrogen) atoms. The highest BCUT2D eigenvalue weighted by atomic mass is 35.5. The second-order valence-corrected chi connectivity index (χ2v) is 12.5. The number of carbonyl (C=O) groups excluding carboxylic acids is 1. The van der Waals surface area contributed by atoms with Crippen molar-refractivity contribution < 1.29 is 4.79 Å². The number of carbonyl (C=O) groups is 1. The van der Waals surface area contributed by atoms with Crippen LogP contribution in [-0.4, -0.2) is 10.8 Å². The summed E-state index contributed by atoms with van der Waals surface area (Å²) in [5, 5.41) is 12.9. The minimum atomic E-state index is -0.450. The molecule has 0 amide bonds. The fraction of sp³-hybridized carbons (Fsp3) is 0.179. The van der Waals surface area contributed by atoms with Gasteiger partial charge in [0.2, 0.25) is 0 Å². The van der Waals surface area contributed by atoms with Gasteiger partial charge in [-0.25, -0.2) is 4.98 Å². The number of rotatable bonds is 5. The molecule has 0 saturated heterocycles. The number of allylic oxidation sites excluding steroid dienone is 3. The average molecular weight is 561 g/mol. The van der Waals surface area contributed by atoms with Crippen molar-refractivity contribution in [3.05, 3.63) is 98.1 Å². The molecule has 184 valence electrons. The van der Waals surface area contributed by atoms with Gasteiger partial charge in [-0.3, -0.25) is 9.69 Å². The number of benzene rings is 2. The Bertz CT molecular complexity index is 1610. The minimum absolute atomic E-state index is 0.0809. The first-order valence-electron chi connectivity index (χ1n) is 11.8. The van der Waals surface area contributed by atoms with Gasteiger partial charge in [0.25, 0.3) is 0 Å². The molecular weight excluding hydrogens is 540 g/mol. The smallest absolute Gasteiger partial charge is 0.161 e. The summed E-state index contributed by atoms with van der Waals surface area (Å²) in [5.74, 6) is 0.757. The summed E-state index contributed by atoms with van der Waals surface area (Å²) in [6.07, 6.45) is 1.95. The van der Waals surface area contributed by atoms with E-state index in [2.05, 4.69) is 23.6 Å². The van der Waals surface area contributed by atoms with E-state index in [9.17, 15) is 10.1 Å². The lowest BCUT2D eigenvalue weighted by molar-refractivity contribution is -0.116. The van der Waals surface area contributed by atoms with E-state index in [0.29, 0.717) is 28.4 Å². The zero-order chi connectivity index (χ0) is 25.5. The number of thioether (sulfide) groups is 1. The minimum Gasteiger partial charge on any atom is -0.384 e. The first kappa shape index (κ1) is 24.3. The van der Waals surface area contributed by atoms with Crippen molar-refractivity contribution in [3.63, 3.8) is 0 Å². The molecule has 3 heterocycles. The Balaban J connectivity index is 1.35. The van der Waals surface area contributed by atoms with E-state index in [4.69, 9.17) is 22.3 Å². The van der Waals surface area contributed by atoms with E-state index in [1.165, 1.54) is 4.70 Å². The van der Waals surface area contributed by atoms with E-state index in [0.717, 1.165) is 50.3 Å². The highest BCUT2D eigenvalue weighted by Gasteiger charge is 2.40. The van der Waals surface area contributed by atoms with Crippen molar-refractivity contribution in [1.82, 2.24) is 4.98 Å². The number of thiophene rings is 1. The molecule has 1 atom stereocenters. The van der Waals surface area contributed by atoms with Crippen LogP contribution in [0.15, 0.2) is 87.0 Å². The predicted octanol–water partition coefficient (Wildman–Crippen LogP) is 7.61. The maximum atomic E-state index is 13.3. The number of aromatic nitrogens is 1. The number of fused-ring (bicyclic) bond motifs is 1. The van der Waals surface area contributed by atoms with E-state index < -0.39 is 5.92 Å². The maximum absolute atomic E-state index is 13.3. The van der Waals surface area contributed by atoms with Gasteiger partial charge in [-0.1, -0.05) is 41.6 Å². The summed E-state index contributed by atoms with van der Waals surface area (Å²) in [5.41, 5.74) is 11.5. The summed E-state index contributed by atoms with van der Waals surface area (Å²) in [4.78, 5) is 20.9. The quantitative estimate of drug-likeness (QED) is 0.253. The van der Waals surface area contributed by atoms with E-state index in [-0.39, 0.29) is 5.78 Å². The van der Waals surface area contributed by atoms with Gasteiger partial charge in [0, 0.05) is 39.0 Å². The molecule has 0 fully saturated rings. The molecule has 2 aromatic heterocycles. The number of ketones is 1. The van der Waals surface area contributed by atoms with Gasteiger partial charge in [-0.2, -0.15) is 5.26 Å². The molecule has 1 aliphatic heterocycles. The van der Waals surface area contributed by atoms with Gasteiger partial charge in [-0.15, -0.1) is 22.7 Å².